The molecule has 1 aliphatic heterocycles. The summed E-state index contributed by atoms with van der Waals surface area (Å²) in [7, 11) is 1.90. The van der Waals surface area contributed by atoms with Gasteiger partial charge in [-0.1, -0.05) is 77.3 Å². The van der Waals surface area contributed by atoms with E-state index in [4.69, 9.17) is 16.6 Å². The molecule has 0 bridgehead atoms. The molecule has 1 aliphatic rings. The van der Waals surface area contributed by atoms with Crippen LogP contribution in [0.3, 0.4) is 0 Å². The number of hydrogen-bond acceptors (Lipinski definition) is 4. The number of nitrogens with zero attached hydrogens (tertiary/aromatic N) is 4. The van der Waals surface area contributed by atoms with Crippen molar-refractivity contribution in [2.24, 2.45) is 7.05 Å². The Morgan fingerprint density at radius 1 is 0.921 bits per heavy atom. The van der Waals surface area contributed by atoms with Crippen molar-refractivity contribution in [1.82, 2.24) is 14.5 Å². The van der Waals surface area contributed by atoms with Gasteiger partial charge >= 0.3 is 0 Å². The van der Waals surface area contributed by atoms with E-state index in [9.17, 15) is 5.11 Å². The molecule has 3 heterocycles. The molecular weight excluding hydrogens is 492 g/mol. The third kappa shape index (κ3) is 4.16. The van der Waals surface area contributed by atoms with E-state index in [1.54, 1.807) is 12.5 Å². The fourth-order valence-electron chi connectivity index (χ4n) is 5.30. The summed E-state index contributed by atoms with van der Waals surface area (Å²) in [6.07, 6.45) is 5.29. The lowest BCUT2D eigenvalue weighted by molar-refractivity contribution is 0.117. The van der Waals surface area contributed by atoms with E-state index in [2.05, 4.69) is 41.1 Å². The molecule has 6 heteroatoms. The second-order valence-corrected chi connectivity index (χ2v) is 10.8. The van der Waals surface area contributed by atoms with Crippen LogP contribution in [-0.2, 0) is 19.1 Å². The van der Waals surface area contributed by atoms with E-state index in [1.807, 2.05) is 61.0 Å². The maximum atomic E-state index is 12.4. The zero-order chi connectivity index (χ0) is 26.4. The minimum Gasteiger partial charge on any atom is -0.374 e. The van der Waals surface area contributed by atoms with Gasteiger partial charge in [0.05, 0.1) is 28.8 Å². The highest BCUT2D eigenvalue weighted by atomic mass is 35.5. The van der Waals surface area contributed by atoms with Crippen molar-refractivity contribution in [3.63, 3.8) is 0 Å². The number of aryl methyl sites for hydroxylation is 3. The van der Waals surface area contributed by atoms with Gasteiger partial charge in [-0.3, -0.25) is 0 Å². The lowest BCUT2D eigenvalue weighted by Gasteiger charge is -2.34. The SMILES string of the molecule is Cc1ccc(Cc2c(N3CCC3)nc3ccc(C(O)(c4ccc(C)cc4)c4cncn4C)cc3c2Cl)cc1. The van der Waals surface area contributed by atoms with Crippen LogP contribution >= 0.6 is 11.6 Å². The van der Waals surface area contributed by atoms with Gasteiger partial charge < -0.3 is 14.6 Å². The molecule has 1 saturated heterocycles. The Morgan fingerprint density at radius 2 is 1.58 bits per heavy atom. The molecule has 6 rings (SSSR count). The number of aromatic nitrogens is 3. The number of pyridine rings is 1. The van der Waals surface area contributed by atoms with Gasteiger partial charge in [-0.25, -0.2) is 9.97 Å². The van der Waals surface area contributed by atoms with Gasteiger partial charge in [0.2, 0.25) is 0 Å². The summed E-state index contributed by atoms with van der Waals surface area (Å²) in [6, 6.07) is 22.5. The highest BCUT2D eigenvalue weighted by molar-refractivity contribution is 6.36. The van der Waals surface area contributed by atoms with Crippen LogP contribution in [0.25, 0.3) is 10.9 Å². The normalized spacial score (nSPS) is 14.9. The van der Waals surface area contributed by atoms with Crippen LogP contribution in [0.15, 0.2) is 79.3 Å². The Morgan fingerprint density at radius 3 is 2.18 bits per heavy atom. The van der Waals surface area contributed by atoms with E-state index in [1.165, 1.54) is 11.1 Å². The smallest absolute Gasteiger partial charge is 0.156 e. The number of benzene rings is 3. The zero-order valence-corrected chi connectivity index (χ0v) is 22.7. The van der Waals surface area contributed by atoms with Gasteiger partial charge in [0.15, 0.2) is 5.60 Å². The van der Waals surface area contributed by atoms with E-state index < -0.39 is 5.60 Å². The van der Waals surface area contributed by atoms with Crippen LogP contribution in [0, 0.1) is 13.8 Å². The number of anilines is 1. The average molecular weight is 523 g/mol. The highest BCUT2D eigenvalue weighted by Crippen LogP contribution is 2.41. The molecule has 1 N–H and O–H groups in total. The van der Waals surface area contributed by atoms with Gasteiger partial charge in [0.1, 0.15) is 5.82 Å². The van der Waals surface area contributed by atoms with Crippen LogP contribution in [0.5, 0.6) is 0 Å². The van der Waals surface area contributed by atoms with E-state index >= 15 is 0 Å². The maximum absolute atomic E-state index is 12.4. The predicted octanol–water partition coefficient (Wildman–Crippen LogP) is 6.32. The molecule has 1 atom stereocenters. The summed E-state index contributed by atoms with van der Waals surface area (Å²) >= 11 is 7.23. The number of rotatable bonds is 6. The minimum atomic E-state index is -1.41. The summed E-state index contributed by atoms with van der Waals surface area (Å²) in [6.45, 7) is 6.11. The van der Waals surface area contributed by atoms with Crippen molar-refractivity contribution >= 4 is 28.3 Å². The average Bonchev–Trinajstić information content (AvgIpc) is 3.32. The number of aliphatic hydroxyl groups is 1. The third-order valence-electron chi connectivity index (χ3n) is 7.73. The molecule has 192 valence electrons. The molecule has 0 aliphatic carbocycles. The fraction of sp³-hybridized carbons (Fsp3) is 0.250. The summed E-state index contributed by atoms with van der Waals surface area (Å²) in [4.78, 5) is 11.7. The second-order valence-electron chi connectivity index (χ2n) is 10.4. The van der Waals surface area contributed by atoms with Crippen molar-refractivity contribution in [3.8, 4) is 0 Å². The van der Waals surface area contributed by atoms with Crippen molar-refractivity contribution in [3.05, 3.63) is 123 Å². The van der Waals surface area contributed by atoms with Gasteiger partial charge in [-0.15, -0.1) is 0 Å². The molecule has 0 saturated carbocycles. The largest absolute Gasteiger partial charge is 0.374 e. The van der Waals surface area contributed by atoms with Gasteiger partial charge in [-0.05, 0) is 49.1 Å². The molecule has 5 nitrogen and oxygen atoms in total. The van der Waals surface area contributed by atoms with Crippen LogP contribution in [0.1, 0.15) is 45.5 Å². The van der Waals surface area contributed by atoms with Crippen LogP contribution in [0.2, 0.25) is 5.02 Å². The van der Waals surface area contributed by atoms with Crippen LogP contribution < -0.4 is 4.90 Å². The van der Waals surface area contributed by atoms with E-state index in [-0.39, 0.29) is 0 Å². The molecule has 5 aromatic rings. The highest BCUT2D eigenvalue weighted by Gasteiger charge is 2.37. The summed E-state index contributed by atoms with van der Waals surface area (Å²) in [5.74, 6) is 0.961. The molecule has 1 fully saturated rings. The summed E-state index contributed by atoms with van der Waals surface area (Å²) in [5, 5.41) is 14.0. The van der Waals surface area contributed by atoms with E-state index in [0.29, 0.717) is 17.1 Å². The number of fused-ring (bicyclic) bond motifs is 1. The minimum absolute atomic E-state index is 0.682. The third-order valence-corrected chi connectivity index (χ3v) is 8.16. The Hall–Kier alpha value is -3.67. The molecule has 3 aromatic carbocycles. The van der Waals surface area contributed by atoms with Crippen molar-refractivity contribution in [2.75, 3.05) is 18.0 Å². The topological polar surface area (TPSA) is 54.2 Å². The predicted molar refractivity (Wildman–Crippen MR) is 154 cm³/mol. The van der Waals surface area contributed by atoms with Crippen LogP contribution in [-0.4, -0.2) is 32.7 Å². The zero-order valence-electron chi connectivity index (χ0n) is 21.9. The first-order valence-electron chi connectivity index (χ1n) is 13.0. The Labute approximate surface area is 228 Å². The number of hydrogen-bond donors (Lipinski definition) is 1. The van der Waals surface area contributed by atoms with Crippen LogP contribution in [0.4, 0.5) is 5.82 Å². The Bertz CT molecular complexity index is 1620. The van der Waals surface area contributed by atoms with Gasteiger partial charge in [-0.2, -0.15) is 0 Å². The first-order chi connectivity index (χ1) is 18.3. The number of imidazole rings is 1. The Balaban J connectivity index is 1.54. The van der Waals surface area contributed by atoms with Gasteiger partial charge in [0, 0.05) is 37.5 Å². The van der Waals surface area contributed by atoms with Crippen molar-refractivity contribution in [1.29, 1.82) is 0 Å². The van der Waals surface area contributed by atoms with Gasteiger partial charge in [0.25, 0.3) is 0 Å². The molecule has 1 unspecified atom stereocenters. The quantitative estimate of drug-likeness (QED) is 0.283. The van der Waals surface area contributed by atoms with E-state index in [0.717, 1.165) is 58.5 Å². The molecular formula is C32H31ClN4O. The molecule has 2 aromatic heterocycles. The monoisotopic (exact) mass is 522 g/mol. The second kappa shape index (κ2) is 9.57. The Kier molecular flexibility index (Phi) is 6.21. The summed E-state index contributed by atoms with van der Waals surface area (Å²) < 4.78 is 1.86. The molecule has 0 spiro atoms. The maximum Gasteiger partial charge on any atom is 0.156 e. The van der Waals surface area contributed by atoms with Crippen molar-refractivity contribution < 1.29 is 5.11 Å². The lowest BCUT2D eigenvalue weighted by atomic mass is 9.82. The molecule has 38 heavy (non-hydrogen) atoms. The van der Waals surface area contributed by atoms with Crippen molar-refractivity contribution in [2.45, 2.75) is 32.3 Å². The first kappa shape index (κ1) is 24.7. The summed E-state index contributed by atoms with van der Waals surface area (Å²) in [5.41, 5.74) is 6.17. The molecule has 0 radical (unpaired) electrons. The number of halogens is 1. The first-order valence-corrected chi connectivity index (χ1v) is 13.4. The fourth-order valence-corrected chi connectivity index (χ4v) is 5.60. The standard InChI is InChI=1S/C32H31ClN4O/c1-21-5-9-23(10-6-21)17-27-30(33)26-18-25(13-14-28(26)35-31(27)37-15-4-16-37)32(38,29-19-34-20-36(29)3)24-11-7-22(2)8-12-24/h5-14,18-20,38H,4,15-17H2,1-3H3. The molecule has 0 amide bonds. The lowest BCUT2D eigenvalue weighted by Crippen LogP contribution is -2.38.